The molecule has 4 unspecified atom stereocenters. The summed E-state index contributed by atoms with van der Waals surface area (Å²) in [5.74, 6) is 3.97. The van der Waals surface area contributed by atoms with Gasteiger partial charge in [-0.05, 0) is 106 Å². The van der Waals surface area contributed by atoms with Crippen LogP contribution < -0.4 is 0 Å². The molecule has 0 aromatic carbocycles. The molecule has 0 bridgehead atoms. The number of ketones is 1. The lowest BCUT2D eigenvalue weighted by molar-refractivity contribution is -0.130. The van der Waals surface area contributed by atoms with Crippen LogP contribution in [0.2, 0.25) is 0 Å². The van der Waals surface area contributed by atoms with Crippen LogP contribution >= 0.6 is 0 Å². The van der Waals surface area contributed by atoms with Gasteiger partial charge in [0.2, 0.25) is 0 Å². The smallest absolute Gasteiger partial charge is 0.136 e. The summed E-state index contributed by atoms with van der Waals surface area (Å²) < 4.78 is 0. The standard InChI is InChI=1S/C28H44O/c1-18(2)8-7-9-19(3)22-12-13-24-21-10-11-23-20(4)26(29)15-17-28(23,6)25(21)14-16-27(22,24)5/h8,19-20,22-24H,7,9-17H2,1-6H3/t19-,20?,22?,23?,24?,27-,28+/m1/s1. The summed E-state index contributed by atoms with van der Waals surface area (Å²) in [5.41, 5.74) is 5.99. The summed E-state index contributed by atoms with van der Waals surface area (Å²) in [6.07, 6.45) is 15.1. The molecule has 4 aliphatic carbocycles. The second-order valence-electron chi connectivity index (χ2n) is 11.9. The summed E-state index contributed by atoms with van der Waals surface area (Å²) in [5, 5.41) is 0. The van der Waals surface area contributed by atoms with Crippen LogP contribution in [0, 0.1) is 40.4 Å². The number of carbonyl (C=O) groups excluding carboxylic acids is 1. The second-order valence-corrected chi connectivity index (χ2v) is 11.9. The fourth-order valence-electron chi connectivity index (χ4n) is 8.54. The van der Waals surface area contributed by atoms with Gasteiger partial charge in [0.05, 0.1) is 0 Å². The zero-order valence-electron chi connectivity index (χ0n) is 19.9. The zero-order chi connectivity index (χ0) is 21.0. The molecule has 1 nitrogen and oxygen atoms in total. The lowest BCUT2D eigenvalue weighted by atomic mass is 9.49. The lowest BCUT2D eigenvalue weighted by Gasteiger charge is -2.55. The number of hydrogen-bond acceptors (Lipinski definition) is 1. The van der Waals surface area contributed by atoms with E-state index in [1.165, 1.54) is 56.9 Å². The van der Waals surface area contributed by atoms with E-state index in [-0.39, 0.29) is 5.92 Å². The molecule has 29 heavy (non-hydrogen) atoms. The van der Waals surface area contributed by atoms with Gasteiger partial charge in [0, 0.05) is 12.3 Å². The molecule has 0 radical (unpaired) electrons. The second kappa shape index (κ2) is 7.69. The van der Waals surface area contributed by atoms with E-state index in [2.05, 4.69) is 47.6 Å². The van der Waals surface area contributed by atoms with E-state index in [9.17, 15) is 4.79 Å². The molecule has 1 heteroatoms. The summed E-state index contributed by atoms with van der Waals surface area (Å²) in [4.78, 5) is 12.4. The van der Waals surface area contributed by atoms with Crippen LogP contribution in [0.15, 0.2) is 22.8 Å². The van der Waals surface area contributed by atoms with E-state index in [1.54, 1.807) is 0 Å². The summed E-state index contributed by atoms with van der Waals surface area (Å²) >= 11 is 0. The van der Waals surface area contributed by atoms with Crippen LogP contribution in [-0.2, 0) is 4.79 Å². The zero-order valence-corrected chi connectivity index (χ0v) is 19.9. The minimum Gasteiger partial charge on any atom is -0.299 e. The Kier molecular flexibility index (Phi) is 5.67. The van der Waals surface area contributed by atoms with Crippen LogP contribution in [0.25, 0.3) is 0 Å². The van der Waals surface area contributed by atoms with E-state index in [0.717, 1.165) is 30.6 Å². The van der Waals surface area contributed by atoms with E-state index < -0.39 is 0 Å². The van der Waals surface area contributed by atoms with Gasteiger partial charge in [-0.15, -0.1) is 0 Å². The van der Waals surface area contributed by atoms with Crippen LogP contribution in [0.1, 0.15) is 106 Å². The Bertz CT molecular complexity index is 723. The predicted octanol–water partition coefficient (Wildman–Crippen LogP) is 7.91. The molecule has 162 valence electrons. The number of hydrogen-bond donors (Lipinski definition) is 0. The third kappa shape index (κ3) is 3.39. The van der Waals surface area contributed by atoms with Gasteiger partial charge in [-0.25, -0.2) is 0 Å². The first kappa shape index (κ1) is 21.4. The van der Waals surface area contributed by atoms with Crippen molar-refractivity contribution in [1.29, 1.82) is 0 Å². The topological polar surface area (TPSA) is 17.1 Å². The molecule has 0 aliphatic heterocycles. The fourth-order valence-corrected chi connectivity index (χ4v) is 8.54. The highest BCUT2D eigenvalue weighted by Gasteiger charge is 2.56. The van der Waals surface area contributed by atoms with Crippen molar-refractivity contribution in [2.45, 2.75) is 106 Å². The van der Waals surface area contributed by atoms with Gasteiger partial charge >= 0.3 is 0 Å². The highest BCUT2D eigenvalue weighted by Crippen LogP contribution is 2.66. The van der Waals surface area contributed by atoms with Crippen LogP contribution in [-0.4, -0.2) is 5.78 Å². The first-order valence-corrected chi connectivity index (χ1v) is 12.6. The fraction of sp³-hybridized carbons (Fsp3) is 0.821. The lowest BCUT2D eigenvalue weighted by Crippen LogP contribution is -2.47. The van der Waals surface area contributed by atoms with Crippen LogP contribution in [0.3, 0.4) is 0 Å². The van der Waals surface area contributed by atoms with Gasteiger partial charge in [-0.2, -0.15) is 0 Å². The third-order valence-electron chi connectivity index (χ3n) is 10.2. The molecule has 0 spiro atoms. The molecule has 7 atom stereocenters. The van der Waals surface area contributed by atoms with Gasteiger partial charge in [0.1, 0.15) is 5.78 Å². The summed E-state index contributed by atoms with van der Waals surface area (Å²) in [6, 6.07) is 0. The molecule has 4 aliphatic rings. The number of Topliss-reactive ketones (excluding diaryl/α,β-unsaturated/α-hetero) is 1. The minimum atomic E-state index is 0.280. The van der Waals surface area contributed by atoms with Crippen LogP contribution in [0.4, 0.5) is 0 Å². The molecule has 4 rings (SSSR count). The van der Waals surface area contributed by atoms with E-state index in [4.69, 9.17) is 0 Å². The maximum atomic E-state index is 12.4. The van der Waals surface area contributed by atoms with Crippen molar-refractivity contribution < 1.29 is 4.79 Å². The molecule has 2 saturated carbocycles. The normalized spacial score (nSPS) is 42.8. The molecule has 2 fully saturated rings. The Balaban J connectivity index is 1.57. The molecular weight excluding hydrogens is 352 g/mol. The van der Waals surface area contributed by atoms with Gasteiger partial charge < -0.3 is 0 Å². The molecule has 0 saturated heterocycles. The van der Waals surface area contributed by atoms with Crippen molar-refractivity contribution in [3.05, 3.63) is 22.8 Å². The highest BCUT2D eigenvalue weighted by molar-refractivity contribution is 5.82. The van der Waals surface area contributed by atoms with Gasteiger partial charge in [-0.1, -0.05) is 50.5 Å². The molecule has 0 aromatic rings. The molecule has 0 heterocycles. The first-order chi connectivity index (χ1) is 13.7. The van der Waals surface area contributed by atoms with E-state index >= 15 is 0 Å². The van der Waals surface area contributed by atoms with Crippen molar-refractivity contribution in [3.63, 3.8) is 0 Å². The van der Waals surface area contributed by atoms with Crippen molar-refractivity contribution in [2.24, 2.45) is 40.4 Å². The Labute approximate surface area is 179 Å². The van der Waals surface area contributed by atoms with Gasteiger partial charge in [-0.3, -0.25) is 4.79 Å². The van der Waals surface area contributed by atoms with Gasteiger partial charge in [0.15, 0.2) is 0 Å². The number of fused-ring (bicyclic) bond motifs is 4. The van der Waals surface area contributed by atoms with Crippen molar-refractivity contribution >= 4 is 5.78 Å². The largest absolute Gasteiger partial charge is 0.299 e. The maximum Gasteiger partial charge on any atom is 0.136 e. The predicted molar refractivity (Wildman–Crippen MR) is 123 cm³/mol. The molecule has 0 N–H and O–H groups in total. The van der Waals surface area contributed by atoms with Gasteiger partial charge in [0.25, 0.3) is 0 Å². The summed E-state index contributed by atoms with van der Waals surface area (Å²) in [7, 11) is 0. The van der Waals surface area contributed by atoms with Crippen molar-refractivity contribution in [1.82, 2.24) is 0 Å². The Morgan fingerprint density at radius 1 is 1.10 bits per heavy atom. The van der Waals surface area contributed by atoms with Crippen molar-refractivity contribution in [3.8, 4) is 0 Å². The highest BCUT2D eigenvalue weighted by atomic mass is 16.1. The van der Waals surface area contributed by atoms with Crippen molar-refractivity contribution in [2.75, 3.05) is 0 Å². The monoisotopic (exact) mass is 396 g/mol. The Hall–Kier alpha value is -0.850. The van der Waals surface area contributed by atoms with Crippen LogP contribution in [0.5, 0.6) is 0 Å². The maximum absolute atomic E-state index is 12.4. The molecule has 0 aromatic heterocycles. The average Bonchev–Trinajstić information content (AvgIpc) is 3.02. The van der Waals surface area contributed by atoms with E-state index in [0.29, 0.717) is 22.5 Å². The first-order valence-electron chi connectivity index (χ1n) is 12.6. The number of carbonyl (C=O) groups is 1. The summed E-state index contributed by atoms with van der Waals surface area (Å²) in [6.45, 7) is 14.4. The quantitative estimate of drug-likeness (QED) is 0.441. The third-order valence-corrected chi connectivity index (χ3v) is 10.2. The number of allylic oxidation sites excluding steroid dienone is 4. The number of rotatable bonds is 4. The Morgan fingerprint density at radius 2 is 1.86 bits per heavy atom. The average molecular weight is 397 g/mol. The SMILES string of the molecule is CC(C)=CCC[C@@H](C)C1CCC2C3=C(CC[C@@]21C)[C@@]1(C)CCC(=O)C(C)C1CC3. The van der Waals surface area contributed by atoms with E-state index in [1.807, 2.05) is 11.1 Å². The molecular formula is C28H44O. The minimum absolute atomic E-state index is 0.280. The molecule has 0 amide bonds. The Morgan fingerprint density at radius 3 is 2.59 bits per heavy atom.